The van der Waals surface area contributed by atoms with Crippen molar-refractivity contribution in [2.75, 3.05) is 11.1 Å². The number of anilines is 3. The first-order chi connectivity index (χ1) is 14.1. The highest BCUT2D eigenvalue weighted by atomic mass is 32.1. The van der Waals surface area contributed by atoms with E-state index in [0.29, 0.717) is 11.4 Å². The molecule has 1 aliphatic carbocycles. The quantitative estimate of drug-likeness (QED) is 0.331. The summed E-state index contributed by atoms with van der Waals surface area (Å²) < 4.78 is 10.3. The Morgan fingerprint density at radius 2 is 1.86 bits per heavy atom. The number of allylic oxidation sites excluding steroid dienone is 1. The van der Waals surface area contributed by atoms with Gasteiger partial charge in [0.2, 0.25) is 0 Å². The minimum Gasteiger partial charge on any atom is -0.457 e. The van der Waals surface area contributed by atoms with E-state index in [1.807, 2.05) is 48.5 Å². The van der Waals surface area contributed by atoms with Gasteiger partial charge in [-0.3, -0.25) is 0 Å². The van der Waals surface area contributed by atoms with E-state index in [-0.39, 0.29) is 0 Å². The fourth-order valence-corrected chi connectivity index (χ4v) is 4.57. The summed E-state index contributed by atoms with van der Waals surface area (Å²) in [5.74, 6) is 1.82. The van der Waals surface area contributed by atoms with Crippen molar-refractivity contribution in [2.24, 2.45) is 4.36 Å². The summed E-state index contributed by atoms with van der Waals surface area (Å²) in [4.78, 5) is 1.25. The summed E-state index contributed by atoms with van der Waals surface area (Å²) >= 11 is 6.56. The molecule has 4 rings (SSSR count). The third-order valence-corrected chi connectivity index (χ3v) is 6.60. The van der Waals surface area contributed by atoms with Gasteiger partial charge in [-0.05, 0) is 68.5 Å². The molecule has 1 saturated carbocycles. The number of thiophene rings is 1. The maximum atomic E-state index is 6.43. The zero-order valence-corrected chi connectivity index (χ0v) is 18.1. The maximum Gasteiger partial charge on any atom is 0.137 e. The van der Waals surface area contributed by atoms with Crippen LogP contribution in [-0.2, 0) is 12.4 Å². The molecule has 3 aromatic rings. The van der Waals surface area contributed by atoms with Crippen LogP contribution >= 0.6 is 11.3 Å². The normalized spacial score (nSPS) is 13.0. The van der Waals surface area contributed by atoms with Crippen LogP contribution in [0.3, 0.4) is 0 Å². The predicted octanol–water partition coefficient (Wildman–Crippen LogP) is 7.03. The molecule has 0 saturated heterocycles. The largest absolute Gasteiger partial charge is 0.457 e. The number of ether oxygens (including phenoxy) is 1. The van der Waals surface area contributed by atoms with Gasteiger partial charge in [0.25, 0.3) is 0 Å². The highest BCUT2D eigenvalue weighted by Crippen LogP contribution is 2.45. The Balaban J connectivity index is 1.78. The van der Waals surface area contributed by atoms with Crippen LogP contribution < -0.4 is 15.8 Å². The van der Waals surface area contributed by atoms with Gasteiger partial charge in [0, 0.05) is 17.3 Å². The van der Waals surface area contributed by atoms with E-state index < -0.39 is 0 Å². The van der Waals surface area contributed by atoms with Gasteiger partial charge in [-0.1, -0.05) is 24.3 Å². The average Bonchev–Trinajstić information content (AvgIpc) is 2.96. The van der Waals surface area contributed by atoms with Crippen molar-refractivity contribution in [1.82, 2.24) is 0 Å². The van der Waals surface area contributed by atoms with Crippen LogP contribution in [0.2, 0.25) is 0 Å². The molecule has 0 atom stereocenters. The van der Waals surface area contributed by atoms with E-state index in [2.05, 4.69) is 23.5 Å². The van der Waals surface area contributed by atoms with E-state index in [9.17, 15) is 0 Å². The Morgan fingerprint density at radius 1 is 1.10 bits per heavy atom. The average molecular weight is 422 g/mol. The summed E-state index contributed by atoms with van der Waals surface area (Å²) in [6.45, 7) is 4.29. The lowest BCUT2D eigenvalue weighted by atomic mass is 9.88. The van der Waals surface area contributed by atoms with Crippen molar-refractivity contribution in [3.05, 3.63) is 70.1 Å². The van der Waals surface area contributed by atoms with Crippen molar-refractivity contribution in [3.63, 3.8) is 0 Å². The Labute approximate surface area is 180 Å². The Morgan fingerprint density at radius 3 is 2.52 bits per heavy atom. The summed E-state index contributed by atoms with van der Waals surface area (Å²) in [6.07, 6.45) is 3.35. The number of nitrogens with two attached hydrogens (primary N) is 1. The van der Waals surface area contributed by atoms with Crippen LogP contribution in [0.15, 0.2) is 58.5 Å². The van der Waals surface area contributed by atoms with E-state index in [1.165, 1.54) is 22.4 Å². The minimum atomic E-state index is 0.555. The number of hydrogen-bond donors (Lipinski definition) is 2. The summed E-state index contributed by atoms with van der Waals surface area (Å²) in [5.41, 5.74) is 11.9. The molecule has 6 heteroatoms. The molecule has 0 spiro atoms. The lowest BCUT2D eigenvalue weighted by Crippen LogP contribution is -2.08. The summed E-state index contributed by atoms with van der Waals surface area (Å²) in [7, 11) is 0. The molecule has 4 nitrogen and oxygen atoms in total. The van der Waals surface area contributed by atoms with Gasteiger partial charge in [-0.2, -0.15) is 4.36 Å². The van der Waals surface area contributed by atoms with E-state index in [1.54, 1.807) is 11.3 Å². The SMILES string of the molecule is Cc1sc(Nc2cccc(N=S)c2N)c(C(Oc2ccccc2)=C2CCC2)c1C. The second-order valence-electron chi connectivity index (χ2n) is 7.14. The monoisotopic (exact) mass is 421 g/mol. The molecule has 3 N–H and O–H groups in total. The standard InChI is InChI=1S/C23H23N3OS2/c1-14-15(2)29-23(25-18-12-7-13-19(26-28)21(18)24)20(14)22(16-8-6-9-16)27-17-10-4-3-5-11-17/h3-5,7,10-13,25H,6,8-9,24H2,1-2H3. The van der Waals surface area contributed by atoms with Gasteiger partial charge in [-0.15, -0.1) is 11.3 Å². The lowest BCUT2D eigenvalue weighted by molar-refractivity contribution is 0.491. The van der Waals surface area contributed by atoms with Gasteiger partial charge in [0.05, 0.1) is 16.9 Å². The van der Waals surface area contributed by atoms with Crippen molar-refractivity contribution in [2.45, 2.75) is 33.1 Å². The van der Waals surface area contributed by atoms with E-state index in [4.69, 9.17) is 22.9 Å². The molecule has 29 heavy (non-hydrogen) atoms. The van der Waals surface area contributed by atoms with Crippen molar-refractivity contribution >= 4 is 51.6 Å². The van der Waals surface area contributed by atoms with Gasteiger partial charge in [0.15, 0.2) is 0 Å². The van der Waals surface area contributed by atoms with Gasteiger partial charge in [0.1, 0.15) is 22.2 Å². The first-order valence-electron chi connectivity index (χ1n) is 9.62. The van der Waals surface area contributed by atoms with Crippen LogP contribution in [-0.4, -0.2) is 0 Å². The molecule has 0 aliphatic heterocycles. The minimum absolute atomic E-state index is 0.555. The number of para-hydroxylation sites is 2. The fourth-order valence-electron chi connectivity index (χ4n) is 3.34. The van der Waals surface area contributed by atoms with Crippen molar-refractivity contribution in [1.29, 1.82) is 0 Å². The number of rotatable bonds is 6. The molecule has 1 aliphatic rings. The van der Waals surface area contributed by atoms with Crippen LogP contribution in [0.5, 0.6) is 5.75 Å². The molecular formula is C23H23N3OS2. The van der Waals surface area contributed by atoms with Gasteiger partial charge < -0.3 is 15.8 Å². The van der Waals surface area contributed by atoms with Gasteiger partial charge in [-0.25, -0.2) is 0 Å². The number of nitrogens with one attached hydrogen (secondary N) is 1. The predicted molar refractivity (Wildman–Crippen MR) is 125 cm³/mol. The lowest BCUT2D eigenvalue weighted by Gasteiger charge is -2.23. The van der Waals surface area contributed by atoms with Crippen LogP contribution in [0.1, 0.15) is 35.3 Å². The topological polar surface area (TPSA) is 59.6 Å². The molecule has 0 unspecified atom stereocenters. The Hall–Kier alpha value is -2.70. The third kappa shape index (κ3) is 3.91. The first kappa shape index (κ1) is 19.6. The molecule has 0 radical (unpaired) electrons. The summed E-state index contributed by atoms with van der Waals surface area (Å²) in [5, 5.41) is 4.55. The number of nitrogen functional groups attached to an aromatic ring is 1. The van der Waals surface area contributed by atoms with Gasteiger partial charge >= 0.3 is 0 Å². The first-order valence-corrected chi connectivity index (χ1v) is 10.8. The third-order valence-electron chi connectivity index (χ3n) is 5.28. The van der Waals surface area contributed by atoms with E-state index in [0.717, 1.165) is 40.6 Å². The van der Waals surface area contributed by atoms with Crippen LogP contribution in [0.4, 0.5) is 22.1 Å². The van der Waals surface area contributed by atoms with E-state index >= 15 is 0 Å². The smallest absolute Gasteiger partial charge is 0.137 e. The van der Waals surface area contributed by atoms with Crippen LogP contribution in [0, 0.1) is 13.8 Å². The summed E-state index contributed by atoms with van der Waals surface area (Å²) in [6, 6.07) is 15.6. The number of nitrogens with zero attached hydrogens (tertiary/aromatic N) is 1. The number of hydrogen-bond acceptors (Lipinski definition) is 6. The molecular weight excluding hydrogens is 398 g/mol. The molecule has 1 heterocycles. The molecule has 1 aromatic heterocycles. The highest BCUT2D eigenvalue weighted by molar-refractivity contribution is 7.47. The second kappa shape index (κ2) is 8.35. The zero-order chi connectivity index (χ0) is 20.4. The fraction of sp³-hybridized carbons (Fsp3) is 0.217. The molecule has 148 valence electrons. The van der Waals surface area contributed by atoms with Crippen molar-refractivity contribution < 1.29 is 4.74 Å². The van der Waals surface area contributed by atoms with Crippen LogP contribution in [0.25, 0.3) is 5.76 Å². The molecule has 2 aromatic carbocycles. The number of aryl methyl sites for hydroxylation is 1. The maximum absolute atomic E-state index is 6.43. The zero-order valence-electron chi connectivity index (χ0n) is 16.5. The highest BCUT2D eigenvalue weighted by Gasteiger charge is 2.25. The van der Waals surface area contributed by atoms with Crippen molar-refractivity contribution in [3.8, 4) is 5.75 Å². The molecule has 0 amide bonds. The second-order valence-corrected chi connectivity index (χ2v) is 8.55. The Bertz CT molecular complexity index is 1080. The Kier molecular flexibility index (Phi) is 5.65. The number of benzene rings is 2. The molecule has 0 bridgehead atoms. The molecule has 1 fully saturated rings.